The van der Waals surface area contributed by atoms with Crippen LogP contribution >= 0.6 is 11.3 Å². The summed E-state index contributed by atoms with van der Waals surface area (Å²) in [6.07, 6.45) is 3.98. The topological polar surface area (TPSA) is 78.5 Å². The number of anilines is 1. The van der Waals surface area contributed by atoms with Crippen LogP contribution in [-0.2, 0) is 22.4 Å². The second-order valence-electron chi connectivity index (χ2n) is 7.42. The Bertz CT molecular complexity index is 908. The third-order valence-electron chi connectivity index (χ3n) is 5.24. The summed E-state index contributed by atoms with van der Waals surface area (Å²) >= 11 is 1.52. The van der Waals surface area contributed by atoms with Crippen molar-refractivity contribution in [1.82, 2.24) is 10.2 Å². The number of ketones is 1. The van der Waals surface area contributed by atoms with E-state index >= 15 is 0 Å². The van der Waals surface area contributed by atoms with E-state index in [1.54, 1.807) is 4.90 Å². The van der Waals surface area contributed by atoms with Gasteiger partial charge in [0.1, 0.15) is 5.00 Å². The second-order valence-corrected chi connectivity index (χ2v) is 8.52. The number of aryl methyl sites for hydroxylation is 1. The predicted octanol–water partition coefficient (Wildman–Crippen LogP) is 3.25. The fourth-order valence-electron chi connectivity index (χ4n) is 3.73. The number of amides is 2. The van der Waals surface area contributed by atoms with Gasteiger partial charge >= 0.3 is 0 Å². The highest BCUT2D eigenvalue weighted by Crippen LogP contribution is 2.39. The van der Waals surface area contributed by atoms with Gasteiger partial charge in [0, 0.05) is 17.0 Å². The summed E-state index contributed by atoms with van der Waals surface area (Å²) < 4.78 is 0. The molecule has 2 N–H and O–H groups in total. The number of benzene rings is 1. The number of fused-ring (bicyclic) bond motifs is 1. The van der Waals surface area contributed by atoms with E-state index < -0.39 is 0 Å². The minimum absolute atomic E-state index is 0.0417. The fraction of sp³-hybridized carbons (Fsp3) is 0.435. The van der Waals surface area contributed by atoms with Crippen LogP contribution < -0.4 is 10.6 Å². The Kier molecular flexibility index (Phi) is 7.76. The number of carbonyl (C=O) groups is 3. The van der Waals surface area contributed by atoms with Gasteiger partial charge in [0.05, 0.1) is 18.7 Å². The molecule has 2 amide bonds. The van der Waals surface area contributed by atoms with Crippen LogP contribution in [0.1, 0.15) is 53.1 Å². The standard InChI is InChI=1S/C23H29N3O3S/c1-3-24-19(27)14-26(4-2)15-20(28)25-23-21(17-12-8-9-13-18(17)30-23)22(29)16-10-6-5-7-11-16/h5-7,10-11H,3-4,8-9,12-15H2,1-2H3,(H,24,27)(H,25,28). The van der Waals surface area contributed by atoms with Crippen molar-refractivity contribution >= 4 is 33.9 Å². The summed E-state index contributed by atoms with van der Waals surface area (Å²) in [6.45, 7) is 5.21. The van der Waals surface area contributed by atoms with Gasteiger partial charge in [-0.2, -0.15) is 0 Å². The lowest BCUT2D eigenvalue weighted by atomic mass is 9.92. The zero-order valence-electron chi connectivity index (χ0n) is 17.6. The first-order chi connectivity index (χ1) is 14.5. The molecule has 0 atom stereocenters. The molecular weight excluding hydrogens is 398 g/mol. The van der Waals surface area contributed by atoms with Crippen molar-refractivity contribution in [3.05, 3.63) is 51.9 Å². The third-order valence-corrected chi connectivity index (χ3v) is 6.45. The van der Waals surface area contributed by atoms with Gasteiger partial charge in [0.2, 0.25) is 11.8 Å². The number of carbonyl (C=O) groups excluding carboxylic acids is 3. The average Bonchev–Trinajstić information content (AvgIpc) is 3.11. The highest BCUT2D eigenvalue weighted by atomic mass is 32.1. The molecule has 1 aliphatic rings. The zero-order valence-corrected chi connectivity index (χ0v) is 18.4. The van der Waals surface area contributed by atoms with E-state index in [1.807, 2.05) is 44.2 Å². The molecule has 1 aromatic carbocycles. The normalized spacial score (nSPS) is 13.0. The summed E-state index contributed by atoms with van der Waals surface area (Å²) in [6, 6.07) is 9.21. The van der Waals surface area contributed by atoms with Gasteiger partial charge in [-0.25, -0.2) is 0 Å². The van der Waals surface area contributed by atoms with Crippen molar-refractivity contribution in [1.29, 1.82) is 0 Å². The van der Waals surface area contributed by atoms with E-state index in [9.17, 15) is 14.4 Å². The van der Waals surface area contributed by atoms with Gasteiger partial charge in [-0.05, 0) is 44.7 Å². The number of rotatable bonds is 9. The molecule has 1 aliphatic carbocycles. The van der Waals surface area contributed by atoms with Gasteiger partial charge < -0.3 is 10.6 Å². The number of hydrogen-bond donors (Lipinski definition) is 2. The molecule has 7 heteroatoms. The van der Waals surface area contributed by atoms with Crippen molar-refractivity contribution in [2.24, 2.45) is 0 Å². The van der Waals surface area contributed by atoms with Crippen LogP contribution in [0.25, 0.3) is 0 Å². The Hall–Kier alpha value is -2.51. The van der Waals surface area contributed by atoms with Crippen LogP contribution in [0.2, 0.25) is 0 Å². The van der Waals surface area contributed by atoms with Gasteiger partial charge in [0.25, 0.3) is 0 Å². The van der Waals surface area contributed by atoms with Crippen molar-refractivity contribution in [3.8, 4) is 0 Å². The minimum atomic E-state index is -0.207. The molecule has 3 rings (SSSR count). The monoisotopic (exact) mass is 427 g/mol. The lowest BCUT2D eigenvalue weighted by Crippen LogP contribution is -2.41. The van der Waals surface area contributed by atoms with E-state index in [0.29, 0.717) is 29.2 Å². The lowest BCUT2D eigenvalue weighted by molar-refractivity contribution is -0.123. The first-order valence-corrected chi connectivity index (χ1v) is 11.4. The van der Waals surface area contributed by atoms with Crippen molar-refractivity contribution < 1.29 is 14.4 Å². The van der Waals surface area contributed by atoms with Crippen molar-refractivity contribution in [2.75, 3.05) is 31.5 Å². The molecule has 0 fully saturated rings. The Morgan fingerprint density at radius 2 is 1.70 bits per heavy atom. The van der Waals surface area contributed by atoms with E-state index in [2.05, 4.69) is 10.6 Å². The van der Waals surface area contributed by atoms with Crippen LogP contribution in [0.3, 0.4) is 0 Å². The smallest absolute Gasteiger partial charge is 0.239 e. The Morgan fingerprint density at radius 1 is 1.00 bits per heavy atom. The largest absolute Gasteiger partial charge is 0.355 e. The summed E-state index contributed by atoms with van der Waals surface area (Å²) in [5, 5.41) is 6.36. The fourth-order valence-corrected chi connectivity index (χ4v) is 5.04. The molecule has 1 aromatic heterocycles. The van der Waals surface area contributed by atoms with E-state index in [1.165, 1.54) is 16.2 Å². The van der Waals surface area contributed by atoms with Gasteiger partial charge in [0.15, 0.2) is 5.78 Å². The molecule has 0 saturated heterocycles. The van der Waals surface area contributed by atoms with E-state index in [-0.39, 0.29) is 30.7 Å². The highest BCUT2D eigenvalue weighted by molar-refractivity contribution is 7.17. The van der Waals surface area contributed by atoms with Crippen LogP contribution in [0.15, 0.2) is 30.3 Å². The molecule has 0 spiro atoms. The van der Waals surface area contributed by atoms with E-state index in [4.69, 9.17) is 0 Å². The average molecular weight is 428 g/mol. The molecule has 30 heavy (non-hydrogen) atoms. The SMILES string of the molecule is CCNC(=O)CN(CC)CC(=O)Nc1sc2c(c1C(=O)c1ccccc1)CCCC2. The van der Waals surface area contributed by atoms with Crippen molar-refractivity contribution in [3.63, 3.8) is 0 Å². The molecule has 6 nitrogen and oxygen atoms in total. The summed E-state index contributed by atoms with van der Waals surface area (Å²) in [5.41, 5.74) is 2.36. The molecule has 0 saturated carbocycles. The first-order valence-electron chi connectivity index (χ1n) is 10.6. The molecule has 0 unspecified atom stereocenters. The molecule has 160 valence electrons. The van der Waals surface area contributed by atoms with Crippen LogP contribution in [0.4, 0.5) is 5.00 Å². The zero-order chi connectivity index (χ0) is 21.5. The maximum atomic E-state index is 13.3. The highest BCUT2D eigenvalue weighted by Gasteiger charge is 2.27. The Morgan fingerprint density at radius 3 is 2.40 bits per heavy atom. The number of hydrogen-bond acceptors (Lipinski definition) is 5. The minimum Gasteiger partial charge on any atom is -0.355 e. The molecule has 1 heterocycles. The number of thiophene rings is 1. The third kappa shape index (κ3) is 5.34. The van der Waals surface area contributed by atoms with Crippen LogP contribution in [-0.4, -0.2) is 48.7 Å². The molecule has 0 aliphatic heterocycles. The summed E-state index contributed by atoms with van der Waals surface area (Å²) in [7, 11) is 0. The first kappa shape index (κ1) is 22.2. The predicted molar refractivity (Wildman–Crippen MR) is 120 cm³/mol. The van der Waals surface area contributed by atoms with Crippen LogP contribution in [0.5, 0.6) is 0 Å². The summed E-state index contributed by atoms with van der Waals surface area (Å²) in [4.78, 5) is 40.9. The number of likely N-dealkylation sites (N-methyl/N-ethyl adjacent to an activating group) is 2. The van der Waals surface area contributed by atoms with E-state index in [0.717, 1.165) is 31.2 Å². The quantitative estimate of drug-likeness (QED) is 0.602. The lowest BCUT2D eigenvalue weighted by Gasteiger charge is -2.19. The molecular formula is C23H29N3O3S. The summed E-state index contributed by atoms with van der Waals surface area (Å²) in [5.74, 6) is -0.347. The van der Waals surface area contributed by atoms with Gasteiger partial charge in [-0.15, -0.1) is 11.3 Å². The van der Waals surface area contributed by atoms with Crippen LogP contribution in [0, 0.1) is 0 Å². The molecule has 2 aromatic rings. The second kappa shape index (κ2) is 10.5. The number of nitrogens with one attached hydrogen (secondary N) is 2. The maximum Gasteiger partial charge on any atom is 0.239 e. The molecule has 0 radical (unpaired) electrons. The Balaban J connectivity index is 1.80. The molecule has 0 bridgehead atoms. The van der Waals surface area contributed by atoms with Gasteiger partial charge in [-0.3, -0.25) is 19.3 Å². The maximum absolute atomic E-state index is 13.3. The van der Waals surface area contributed by atoms with Crippen molar-refractivity contribution in [2.45, 2.75) is 39.5 Å². The number of nitrogens with zero attached hydrogens (tertiary/aromatic N) is 1. The Labute approximate surface area is 181 Å². The van der Waals surface area contributed by atoms with Gasteiger partial charge in [-0.1, -0.05) is 37.3 Å².